The van der Waals surface area contributed by atoms with Crippen LogP contribution in [0, 0.1) is 0 Å². The molecule has 2 aliphatic heterocycles. The molecule has 2 heterocycles. The second kappa shape index (κ2) is 7.11. The fraction of sp³-hybridized carbons (Fsp3) is 0.917. The molecule has 6 nitrogen and oxygen atoms in total. The highest BCUT2D eigenvalue weighted by molar-refractivity contribution is 7.99. The normalized spacial score (nSPS) is 27.8. The van der Waals surface area contributed by atoms with Gasteiger partial charge in [0.1, 0.15) is 0 Å². The average molecular weight is 321 g/mol. The highest BCUT2D eigenvalue weighted by atomic mass is 32.2. The van der Waals surface area contributed by atoms with Crippen molar-refractivity contribution in [1.82, 2.24) is 14.9 Å². The van der Waals surface area contributed by atoms with Crippen LogP contribution in [0.25, 0.3) is 0 Å². The Morgan fingerprint density at radius 2 is 2.25 bits per heavy atom. The molecule has 2 aliphatic rings. The van der Waals surface area contributed by atoms with E-state index in [9.17, 15) is 13.2 Å². The summed E-state index contributed by atoms with van der Waals surface area (Å²) >= 11 is 1.75. The van der Waals surface area contributed by atoms with E-state index in [0.717, 1.165) is 43.7 Å². The van der Waals surface area contributed by atoms with E-state index in [1.54, 1.807) is 11.8 Å². The number of sulfonamides is 1. The number of likely N-dealkylation sites (tertiary alicyclic amines) is 1. The zero-order valence-corrected chi connectivity index (χ0v) is 13.4. The summed E-state index contributed by atoms with van der Waals surface area (Å²) in [6.07, 6.45) is 4.98. The van der Waals surface area contributed by atoms with E-state index >= 15 is 0 Å². The lowest BCUT2D eigenvalue weighted by Gasteiger charge is -2.37. The molecule has 116 valence electrons. The molecule has 0 aromatic heterocycles. The third-order valence-electron chi connectivity index (χ3n) is 3.77. The SMILES string of the molecule is CS(=O)(=O)NCCC1CCCCN1C(=O)C1CSCN1. The van der Waals surface area contributed by atoms with Gasteiger partial charge in [-0.05, 0) is 25.7 Å². The Morgan fingerprint density at radius 3 is 2.90 bits per heavy atom. The van der Waals surface area contributed by atoms with Crippen LogP contribution in [0.2, 0.25) is 0 Å². The minimum Gasteiger partial charge on any atom is -0.338 e. The van der Waals surface area contributed by atoms with Crippen LogP contribution in [0.4, 0.5) is 0 Å². The Bertz CT molecular complexity index is 435. The zero-order valence-electron chi connectivity index (χ0n) is 11.8. The summed E-state index contributed by atoms with van der Waals surface area (Å²) in [6.45, 7) is 1.20. The van der Waals surface area contributed by atoms with Crippen LogP contribution >= 0.6 is 11.8 Å². The van der Waals surface area contributed by atoms with Crippen LogP contribution in [0.1, 0.15) is 25.7 Å². The lowest BCUT2D eigenvalue weighted by molar-refractivity contribution is -0.136. The number of rotatable bonds is 5. The van der Waals surface area contributed by atoms with Gasteiger partial charge in [-0.25, -0.2) is 13.1 Å². The number of nitrogens with zero attached hydrogens (tertiary/aromatic N) is 1. The number of carbonyl (C=O) groups is 1. The van der Waals surface area contributed by atoms with Crippen LogP contribution in [0.3, 0.4) is 0 Å². The van der Waals surface area contributed by atoms with Crippen LogP contribution in [0.15, 0.2) is 0 Å². The standard InChI is InChI=1S/C12H23N3O3S2/c1-20(17,18)14-6-5-10-4-2-3-7-15(10)12(16)11-8-19-9-13-11/h10-11,13-14H,2-9H2,1H3. The van der Waals surface area contributed by atoms with Gasteiger partial charge in [0.25, 0.3) is 0 Å². The Balaban J connectivity index is 1.89. The molecule has 2 unspecified atom stereocenters. The maximum absolute atomic E-state index is 12.5. The number of carbonyl (C=O) groups excluding carboxylic acids is 1. The molecule has 0 saturated carbocycles. The van der Waals surface area contributed by atoms with E-state index < -0.39 is 10.0 Å². The summed E-state index contributed by atoms with van der Waals surface area (Å²) in [5, 5.41) is 3.21. The van der Waals surface area contributed by atoms with Crippen LogP contribution in [-0.2, 0) is 14.8 Å². The van der Waals surface area contributed by atoms with Gasteiger partial charge in [0.15, 0.2) is 0 Å². The molecule has 0 aliphatic carbocycles. The molecule has 0 aromatic rings. The highest BCUT2D eigenvalue weighted by Gasteiger charge is 2.32. The number of hydrogen-bond donors (Lipinski definition) is 2. The molecule has 0 bridgehead atoms. The van der Waals surface area contributed by atoms with E-state index in [2.05, 4.69) is 10.0 Å². The van der Waals surface area contributed by atoms with Gasteiger partial charge in [-0.15, -0.1) is 11.8 Å². The molecule has 0 radical (unpaired) electrons. The van der Waals surface area contributed by atoms with Gasteiger partial charge in [0, 0.05) is 30.8 Å². The van der Waals surface area contributed by atoms with Gasteiger partial charge in [0.05, 0.1) is 12.3 Å². The van der Waals surface area contributed by atoms with Crippen molar-refractivity contribution in [3.63, 3.8) is 0 Å². The minimum absolute atomic E-state index is 0.0662. The average Bonchev–Trinajstić information content (AvgIpc) is 2.91. The Morgan fingerprint density at radius 1 is 1.45 bits per heavy atom. The predicted octanol–water partition coefficient (Wildman–Crippen LogP) is -0.0307. The largest absolute Gasteiger partial charge is 0.338 e. The molecule has 2 rings (SSSR count). The maximum Gasteiger partial charge on any atom is 0.240 e. The first-order chi connectivity index (χ1) is 9.47. The molecule has 2 fully saturated rings. The van der Waals surface area contributed by atoms with E-state index in [4.69, 9.17) is 0 Å². The molecule has 2 saturated heterocycles. The Kier molecular flexibility index (Phi) is 5.71. The van der Waals surface area contributed by atoms with Crippen molar-refractivity contribution in [3.05, 3.63) is 0 Å². The van der Waals surface area contributed by atoms with Crippen molar-refractivity contribution in [1.29, 1.82) is 0 Å². The van der Waals surface area contributed by atoms with Gasteiger partial charge in [0.2, 0.25) is 15.9 Å². The minimum atomic E-state index is -3.15. The second-order valence-corrected chi connectivity index (χ2v) is 8.27. The second-order valence-electron chi connectivity index (χ2n) is 5.41. The molecule has 1 amide bonds. The van der Waals surface area contributed by atoms with Gasteiger partial charge < -0.3 is 4.90 Å². The molecular formula is C12H23N3O3S2. The van der Waals surface area contributed by atoms with Gasteiger partial charge in [-0.3, -0.25) is 10.1 Å². The smallest absolute Gasteiger partial charge is 0.240 e. The van der Waals surface area contributed by atoms with Crippen molar-refractivity contribution in [2.45, 2.75) is 37.8 Å². The summed E-state index contributed by atoms with van der Waals surface area (Å²) in [6, 6.07) is 0.0985. The Labute approximate surface area is 125 Å². The number of thioether (sulfide) groups is 1. The molecule has 2 atom stereocenters. The van der Waals surface area contributed by atoms with Gasteiger partial charge in [-0.2, -0.15) is 0 Å². The van der Waals surface area contributed by atoms with Crippen LogP contribution < -0.4 is 10.0 Å². The van der Waals surface area contributed by atoms with Gasteiger partial charge in [-0.1, -0.05) is 0 Å². The fourth-order valence-electron chi connectivity index (χ4n) is 2.76. The third-order valence-corrected chi connectivity index (χ3v) is 5.43. The maximum atomic E-state index is 12.5. The first kappa shape index (κ1) is 16.1. The summed E-state index contributed by atoms with van der Waals surface area (Å²) in [5.41, 5.74) is 0. The molecule has 2 N–H and O–H groups in total. The number of nitrogens with one attached hydrogen (secondary N) is 2. The van der Waals surface area contributed by atoms with E-state index in [1.807, 2.05) is 4.90 Å². The van der Waals surface area contributed by atoms with Crippen LogP contribution in [0.5, 0.6) is 0 Å². The van der Waals surface area contributed by atoms with Crippen molar-refractivity contribution in [2.75, 3.05) is 31.0 Å². The fourth-order valence-corrected chi connectivity index (χ4v) is 4.18. The first-order valence-electron chi connectivity index (χ1n) is 7.03. The van der Waals surface area contributed by atoms with Crippen molar-refractivity contribution in [3.8, 4) is 0 Å². The molecule has 8 heteroatoms. The lowest BCUT2D eigenvalue weighted by Crippen LogP contribution is -2.52. The number of piperidine rings is 1. The van der Waals surface area contributed by atoms with Crippen LogP contribution in [-0.4, -0.2) is 62.3 Å². The van der Waals surface area contributed by atoms with Gasteiger partial charge >= 0.3 is 0 Å². The lowest BCUT2D eigenvalue weighted by atomic mass is 9.98. The quantitative estimate of drug-likeness (QED) is 0.743. The topological polar surface area (TPSA) is 78.5 Å². The summed E-state index contributed by atoms with van der Waals surface area (Å²) < 4.78 is 24.7. The predicted molar refractivity (Wildman–Crippen MR) is 81.1 cm³/mol. The molecule has 0 spiro atoms. The summed E-state index contributed by atoms with van der Waals surface area (Å²) in [4.78, 5) is 14.4. The number of hydrogen-bond acceptors (Lipinski definition) is 5. The summed E-state index contributed by atoms with van der Waals surface area (Å²) in [7, 11) is -3.15. The van der Waals surface area contributed by atoms with E-state index in [0.29, 0.717) is 13.0 Å². The van der Waals surface area contributed by atoms with Crippen molar-refractivity contribution < 1.29 is 13.2 Å². The monoisotopic (exact) mass is 321 g/mol. The first-order valence-corrected chi connectivity index (χ1v) is 10.1. The summed E-state index contributed by atoms with van der Waals surface area (Å²) in [5.74, 6) is 1.85. The van der Waals surface area contributed by atoms with E-state index in [-0.39, 0.29) is 18.0 Å². The van der Waals surface area contributed by atoms with Crippen molar-refractivity contribution in [2.24, 2.45) is 0 Å². The molecular weight excluding hydrogens is 298 g/mol. The number of amides is 1. The highest BCUT2D eigenvalue weighted by Crippen LogP contribution is 2.22. The Hall–Kier alpha value is -0.310. The third kappa shape index (κ3) is 4.61. The molecule has 20 heavy (non-hydrogen) atoms. The van der Waals surface area contributed by atoms with E-state index in [1.165, 1.54) is 0 Å². The molecule has 0 aromatic carbocycles. The zero-order chi connectivity index (χ0) is 14.6. The van der Waals surface area contributed by atoms with Crippen molar-refractivity contribution >= 4 is 27.7 Å².